The van der Waals surface area contributed by atoms with Crippen LogP contribution in [0.2, 0.25) is 0 Å². The van der Waals surface area contributed by atoms with Crippen molar-refractivity contribution in [3.05, 3.63) is 107 Å². The lowest BCUT2D eigenvalue weighted by molar-refractivity contribution is -0.154. The number of likely N-dealkylation sites (N-methyl/N-ethyl adjacent to an activating group) is 2. The number of aryl methyl sites for hydroxylation is 1. The highest BCUT2D eigenvalue weighted by Gasteiger charge is 2.55. The number of hydrogen-bond donors (Lipinski definition) is 6. The Labute approximate surface area is 449 Å². The SMILES string of the molecule is CNC(C)C(=O)NC(C(=O)N1CC(NC(=O)C2(CN(C(=O)C3Cc4ccccc4CN3C(=O)C(NC(=O)C(C)NC)C(C)(C)C)C(COC)c3ccccc3)CC2)CC1C(=O)NC1CCCc2ccccc21)C(C)(C)C. The van der Waals surface area contributed by atoms with E-state index in [1.807, 2.05) is 114 Å². The second-order valence-corrected chi connectivity index (χ2v) is 23.8. The minimum absolute atomic E-state index is 0.0119. The first-order valence-electron chi connectivity index (χ1n) is 27.2. The number of fused-ring (bicyclic) bond motifs is 2. The zero-order valence-electron chi connectivity index (χ0n) is 46.6. The van der Waals surface area contributed by atoms with E-state index in [0.29, 0.717) is 12.8 Å². The fraction of sp³-hybridized carbons (Fsp3) is 0.576. The van der Waals surface area contributed by atoms with Gasteiger partial charge in [0.05, 0.1) is 36.2 Å². The molecule has 17 nitrogen and oxygen atoms in total. The first-order valence-corrected chi connectivity index (χ1v) is 27.2. The van der Waals surface area contributed by atoms with Crippen molar-refractivity contribution in [2.45, 2.75) is 161 Å². The average molecular weight is 1050 g/mol. The predicted molar refractivity (Wildman–Crippen MR) is 291 cm³/mol. The van der Waals surface area contributed by atoms with Gasteiger partial charge in [-0.3, -0.25) is 33.6 Å². The van der Waals surface area contributed by atoms with Gasteiger partial charge in [-0.15, -0.1) is 0 Å². The fourth-order valence-corrected chi connectivity index (χ4v) is 11.0. The third-order valence-electron chi connectivity index (χ3n) is 16.2. The summed E-state index contributed by atoms with van der Waals surface area (Å²) in [5.74, 6) is -2.54. The Morgan fingerprint density at radius 2 is 1.26 bits per heavy atom. The van der Waals surface area contributed by atoms with Crippen molar-refractivity contribution in [1.29, 1.82) is 0 Å². The summed E-state index contributed by atoms with van der Waals surface area (Å²) in [6, 6.07) is 18.6. The molecule has 4 aliphatic rings. The summed E-state index contributed by atoms with van der Waals surface area (Å²) in [6.07, 6.45) is 3.77. The quantitative estimate of drug-likeness (QED) is 0.0991. The van der Waals surface area contributed by atoms with Crippen molar-refractivity contribution >= 4 is 41.4 Å². The summed E-state index contributed by atoms with van der Waals surface area (Å²) < 4.78 is 5.87. The molecule has 3 aromatic carbocycles. The predicted octanol–water partition coefficient (Wildman–Crippen LogP) is 4.49. The van der Waals surface area contributed by atoms with E-state index in [1.165, 1.54) is 10.5 Å². The third-order valence-corrected chi connectivity index (χ3v) is 16.2. The van der Waals surface area contributed by atoms with Crippen LogP contribution in [0.5, 0.6) is 0 Å². The van der Waals surface area contributed by atoms with Crippen molar-refractivity contribution in [1.82, 2.24) is 46.6 Å². The molecule has 17 heteroatoms. The second-order valence-electron chi connectivity index (χ2n) is 23.8. The Kier molecular flexibility index (Phi) is 18.2. The van der Waals surface area contributed by atoms with Gasteiger partial charge >= 0.3 is 0 Å². The van der Waals surface area contributed by atoms with Crippen LogP contribution >= 0.6 is 0 Å². The van der Waals surface area contributed by atoms with Gasteiger partial charge in [-0.1, -0.05) is 120 Å². The van der Waals surface area contributed by atoms with Crippen LogP contribution in [0.1, 0.15) is 127 Å². The van der Waals surface area contributed by atoms with Gasteiger partial charge in [0, 0.05) is 39.2 Å². The molecule has 7 amide bonds. The highest BCUT2D eigenvalue weighted by Crippen LogP contribution is 2.48. The molecule has 0 aromatic heterocycles. The Balaban J connectivity index is 1.21. The zero-order valence-corrected chi connectivity index (χ0v) is 46.6. The van der Waals surface area contributed by atoms with E-state index in [2.05, 4.69) is 38.0 Å². The van der Waals surface area contributed by atoms with Crippen molar-refractivity contribution in [2.75, 3.05) is 40.9 Å². The number of rotatable bonds is 19. The molecular formula is C59H83N9O8. The normalized spacial score (nSPS) is 21.8. The van der Waals surface area contributed by atoms with Crippen LogP contribution in [0.15, 0.2) is 78.9 Å². The van der Waals surface area contributed by atoms with Crippen molar-refractivity contribution in [2.24, 2.45) is 16.2 Å². The largest absolute Gasteiger partial charge is 0.382 e. The van der Waals surface area contributed by atoms with Gasteiger partial charge < -0.3 is 51.3 Å². The lowest BCUT2D eigenvalue weighted by Crippen LogP contribution is -2.62. The first kappa shape index (κ1) is 57.5. The number of benzene rings is 3. The minimum Gasteiger partial charge on any atom is -0.382 e. The molecule has 0 spiro atoms. The number of nitrogens with zero attached hydrogens (tertiary/aromatic N) is 3. The summed E-state index contributed by atoms with van der Waals surface area (Å²) in [7, 11) is 4.91. The Morgan fingerprint density at radius 1 is 0.711 bits per heavy atom. The van der Waals surface area contributed by atoms with Crippen molar-refractivity contribution < 1.29 is 38.3 Å². The van der Waals surface area contributed by atoms with E-state index in [-0.39, 0.29) is 74.7 Å². The first-order chi connectivity index (χ1) is 36.0. The molecule has 0 radical (unpaired) electrons. The van der Waals surface area contributed by atoms with Crippen LogP contribution in [0, 0.1) is 16.2 Å². The summed E-state index contributed by atoms with van der Waals surface area (Å²) in [6.45, 7) is 14.9. The molecule has 9 unspecified atom stereocenters. The van der Waals surface area contributed by atoms with Gasteiger partial charge in [0.25, 0.3) is 0 Å². The van der Waals surface area contributed by atoms with Crippen molar-refractivity contribution in [3.63, 3.8) is 0 Å². The number of ether oxygens (including phenoxy) is 1. The highest BCUT2D eigenvalue weighted by molar-refractivity contribution is 5.96. The van der Waals surface area contributed by atoms with Gasteiger partial charge in [-0.25, -0.2) is 0 Å². The highest BCUT2D eigenvalue weighted by atomic mass is 16.5. The van der Waals surface area contributed by atoms with E-state index in [4.69, 9.17) is 4.74 Å². The van der Waals surface area contributed by atoms with Crippen LogP contribution in [-0.2, 0) is 57.7 Å². The van der Waals surface area contributed by atoms with E-state index in [1.54, 1.807) is 44.9 Å². The van der Waals surface area contributed by atoms with Crippen LogP contribution in [0.3, 0.4) is 0 Å². The smallest absolute Gasteiger partial charge is 0.246 e. The Morgan fingerprint density at radius 3 is 1.83 bits per heavy atom. The number of methoxy groups -OCH3 is 1. The van der Waals surface area contributed by atoms with Gasteiger partial charge in [-0.05, 0) is 105 Å². The van der Waals surface area contributed by atoms with E-state index in [0.717, 1.165) is 41.5 Å². The fourth-order valence-electron chi connectivity index (χ4n) is 11.0. The molecule has 2 aliphatic carbocycles. The molecule has 1 saturated heterocycles. The van der Waals surface area contributed by atoms with Crippen LogP contribution in [0.25, 0.3) is 0 Å². The number of amides is 7. The second kappa shape index (κ2) is 24.0. The number of hydrogen-bond acceptors (Lipinski definition) is 10. The van der Waals surface area contributed by atoms with E-state index >= 15 is 14.4 Å². The molecule has 412 valence electrons. The lowest BCUT2D eigenvalue weighted by atomic mass is 9.84. The molecule has 76 heavy (non-hydrogen) atoms. The molecule has 2 heterocycles. The Hall–Kier alpha value is -6.17. The van der Waals surface area contributed by atoms with Gasteiger partial charge in [-0.2, -0.15) is 0 Å². The van der Waals surface area contributed by atoms with Crippen LogP contribution in [-0.4, -0.2) is 139 Å². The standard InChI is InChI=1S/C59H83N9O8/c1-36(60-9)50(69)64-48(57(3,4)5)54(73)66-32-41-24-16-15-23-40(41)30-46(66)53(72)68(47(34-76-11)39-21-13-12-14-22-39)35-59(28-29-59)56(75)62-42-31-45(52(71)63-44-27-19-25-38-20-17-18-26-43(38)44)67(33-42)55(74)49(58(6,7)8)65-51(70)37(2)61-10/h12-18,20-24,26,36-37,42,44-49,60-61H,19,25,27-35H2,1-11H3,(H,62,75)(H,63,71)(H,64,69)(H,65,70). The molecule has 2 aliphatic heterocycles. The average Bonchev–Trinajstić information content (AvgIpc) is 4.10. The van der Waals surface area contributed by atoms with Crippen molar-refractivity contribution in [3.8, 4) is 0 Å². The monoisotopic (exact) mass is 1050 g/mol. The lowest BCUT2D eigenvalue weighted by Gasteiger charge is -2.44. The molecule has 7 rings (SSSR count). The number of likely N-dealkylation sites (tertiary alicyclic amines) is 1. The maximum absolute atomic E-state index is 15.9. The molecule has 2 fully saturated rings. The number of carbonyl (C=O) groups excluding carboxylic acids is 7. The molecule has 6 N–H and O–H groups in total. The van der Waals surface area contributed by atoms with E-state index in [9.17, 15) is 19.2 Å². The molecule has 1 saturated carbocycles. The molecule has 9 atom stereocenters. The van der Waals surface area contributed by atoms with Crippen LogP contribution in [0.4, 0.5) is 0 Å². The van der Waals surface area contributed by atoms with Gasteiger partial charge in [0.2, 0.25) is 41.4 Å². The Bertz CT molecular complexity index is 2590. The maximum Gasteiger partial charge on any atom is 0.246 e. The zero-order chi connectivity index (χ0) is 55.3. The number of nitrogens with one attached hydrogen (secondary N) is 6. The minimum atomic E-state index is -1.06. The maximum atomic E-state index is 15.9. The van der Waals surface area contributed by atoms with Gasteiger partial charge in [0.15, 0.2) is 0 Å². The van der Waals surface area contributed by atoms with E-state index < -0.39 is 76.4 Å². The topological polar surface area (TPSA) is 211 Å². The summed E-state index contributed by atoms with van der Waals surface area (Å²) in [5, 5.41) is 18.4. The molecular weight excluding hydrogens is 963 g/mol. The third kappa shape index (κ3) is 13.0. The molecule has 3 aromatic rings. The molecule has 0 bridgehead atoms. The summed E-state index contributed by atoms with van der Waals surface area (Å²) in [4.78, 5) is 108. The summed E-state index contributed by atoms with van der Waals surface area (Å²) >= 11 is 0. The van der Waals surface area contributed by atoms with Crippen LogP contribution < -0.4 is 31.9 Å². The summed E-state index contributed by atoms with van der Waals surface area (Å²) in [5.41, 5.74) is 2.27. The number of carbonyl (C=O) groups is 7. The van der Waals surface area contributed by atoms with Gasteiger partial charge in [0.1, 0.15) is 24.2 Å².